The van der Waals surface area contributed by atoms with Crippen LogP contribution in [0.2, 0.25) is 0 Å². The highest BCUT2D eigenvalue weighted by molar-refractivity contribution is 6.62. The zero-order chi connectivity index (χ0) is 33.2. The molecule has 0 bridgehead atoms. The Morgan fingerprint density at radius 3 is 1.49 bits per heavy atom. The monoisotopic (exact) mass is 626 g/mol. The van der Waals surface area contributed by atoms with Gasteiger partial charge in [0, 0.05) is 0 Å². The smallest absolute Gasteiger partial charge is 0.399 e. The fourth-order valence-corrected chi connectivity index (χ4v) is 7.72. The highest BCUT2D eigenvalue weighted by Crippen LogP contribution is 2.56. The van der Waals surface area contributed by atoms with Gasteiger partial charge in [-0.05, 0) is 110 Å². The van der Waals surface area contributed by atoms with Crippen molar-refractivity contribution in [1.82, 2.24) is 0 Å². The second kappa shape index (κ2) is 13.8. The van der Waals surface area contributed by atoms with Gasteiger partial charge < -0.3 is 9.31 Å². The van der Waals surface area contributed by atoms with Gasteiger partial charge in [-0.25, -0.2) is 0 Å². The van der Waals surface area contributed by atoms with E-state index in [2.05, 4.69) is 133 Å². The van der Waals surface area contributed by atoms with Crippen LogP contribution in [0.5, 0.6) is 0 Å². The third-order valence-electron chi connectivity index (χ3n) is 11.3. The minimum Gasteiger partial charge on any atom is -0.399 e. The molecule has 1 aliphatic heterocycles. The minimum atomic E-state index is -0.447. The van der Waals surface area contributed by atoms with Crippen molar-refractivity contribution >= 4 is 12.6 Å². The zero-order valence-electron chi connectivity index (χ0n) is 30.0. The Hall–Kier alpha value is -3.14. The molecule has 0 atom stereocenters. The SMILES string of the molecule is CCCCCCc1ccc(C2(c3ccc(CCCCCC)cc3)c3cc(C)ccc3-c3ccc(B4OC(C)(C)C(C)(C)O4)cc32)cc1. The maximum Gasteiger partial charge on any atom is 0.494 e. The summed E-state index contributed by atoms with van der Waals surface area (Å²) >= 11 is 0. The topological polar surface area (TPSA) is 18.5 Å². The van der Waals surface area contributed by atoms with E-state index in [0.29, 0.717) is 0 Å². The minimum absolute atomic E-state index is 0.395. The van der Waals surface area contributed by atoms with Crippen LogP contribution in [0.4, 0.5) is 0 Å². The third kappa shape index (κ3) is 6.39. The number of aryl methyl sites for hydroxylation is 3. The average molecular weight is 627 g/mol. The summed E-state index contributed by atoms with van der Waals surface area (Å²) in [6, 6.07) is 33.2. The van der Waals surface area contributed by atoms with Gasteiger partial charge in [0.25, 0.3) is 0 Å². The van der Waals surface area contributed by atoms with Crippen molar-refractivity contribution in [3.8, 4) is 11.1 Å². The van der Waals surface area contributed by atoms with Gasteiger partial charge in [0.2, 0.25) is 0 Å². The predicted octanol–water partition coefficient (Wildman–Crippen LogP) is 10.9. The molecule has 0 N–H and O–H groups in total. The Morgan fingerprint density at radius 2 is 1.00 bits per heavy atom. The largest absolute Gasteiger partial charge is 0.494 e. The summed E-state index contributed by atoms with van der Waals surface area (Å²) in [5.41, 5.74) is 11.9. The Bertz CT molecular complexity index is 1590. The van der Waals surface area contributed by atoms with E-state index in [-0.39, 0.29) is 0 Å². The van der Waals surface area contributed by atoms with Crippen molar-refractivity contribution in [3.05, 3.63) is 124 Å². The molecule has 4 aromatic rings. The standard InChI is InChI=1S/C44H55BO2/c1-8-10-12-14-16-33-19-23-35(24-20-33)44(36-25-21-34(22-26-36)17-15-13-11-9-2)40-30-32(3)18-28-38(40)39-29-27-37(31-41(39)44)45-46-42(4,5)43(6,7)47-45/h18-31H,8-17H2,1-7H3. The molecule has 0 aromatic heterocycles. The molecular formula is C44H55BO2. The molecule has 1 saturated heterocycles. The van der Waals surface area contributed by atoms with Gasteiger partial charge in [-0.15, -0.1) is 0 Å². The normalized spacial score (nSPS) is 17.1. The first-order chi connectivity index (χ1) is 22.6. The van der Waals surface area contributed by atoms with Crippen molar-refractivity contribution < 1.29 is 9.31 Å². The van der Waals surface area contributed by atoms with Gasteiger partial charge in [0.1, 0.15) is 0 Å². The molecule has 0 saturated carbocycles. The van der Waals surface area contributed by atoms with Gasteiger partial charge in [0.15, 0.2) is 0 Å². The molecule has 0 radical (unpaired) electrons. The Kier molecular flexibility index (Phi) is 9.89. The van der Waals surface area contributed by atoms with Gasteiger partial charge in [0.05, 0.1) is 16.6 Å². The summed E-state index contributed by atoms with van der Waals surface area (Å²) in [6.07, 6.45) is 12.5. The Balaban J connectivity index is 1.50. The lowest BCUT2D eigenvalue weighted by Gasteiger charge is -2.34. The van der Waals surface area contributed by atoms with Gasteiger partial charge in [-0.2, -0.15) is 0 Å². The van der Waals surface area contributed by atoms with E-state index in [4.69, 9.17) is 9.31 Å². The number of fused-ring (bicyclic) bond motifs is 3. The first-order valence-corrected chi connectivity index (χ1v) is 18.4. The number of hydrogen-bond donors (Lipinski definition) is 0. The Morgan fingerprint density at radius 1 is 0.532 bits per heavy atom. The summed E-state index contributed by atoms with van der Waals surface area (Å²) < 4.78 is 13.2. The van der Waals surface area contributed by atoms with Crippen LogP contribution in [-0.2, 0) is 27.6 Å². The average Bonchev–Trinajstić information content (AvgIpc) is 3.47. The molecule has 1 heterocycles. The van der Waals surface area contributed by atoms with Crippen molar-refractivity contribution in [2.75, 3.05) is 0 Å². The third-order valence-corrected chi connectivity index (χ3v) is 11.3. The van der Waals surface area contributed by atoms with E-state index < -0.39 is 23.7 Å². The van der Waals surface area contributed by atoms with Gasteiger partial charge >= 0.3 is 7.12 Å². The summed E-state index contributed by atoms with van der Waals surface area (Å²) in [7, 11) is -0.413. The summed E-state index contributed by atoms with van der Waals surface area (Å²) in [4.78, 5) is 0. The second-order valence-electron chi connectivity index (χ2n) is 15.2. The van der Waals surface area contributed by atoms with Crippen LogP contribution < -0.4 is 5.46 Å². The van der Waals surface area contributed by atoms with E-state index in [0.717, 1.165) is 18.3 Å². The lowest BCUT2D eigenvalue weighted by Crippen LogP contribution is -2.41. The first-order valence-electron chi connectivity index (χ1n) is 18.4. The molecule has 0 amide bonds. The van der Waals surface area contributed by atoms with E-state index in [1.54, 1.807) is 0 Å². The molecule has 0 spiro atoms. The maximum absolute atomic E-state index is 6.60. The van der Waals surface area contributed by atoms with Crippen LogP contribution in [0.25, 0.3) is 11.1 Å². The molecule has 3 heteroatoms. The number of hydrogen-bond acceptors (Lipinski definition) is 2. The molecule has 0 unspecified atom stereocenters. The Labute approximate surface area is 285 Å². The van der Waals surface area contributed by atoms with Crippen LogP contribution in [0.15, 0.2) is 84.9 Å². The fraction of sp³-hybridized carbons (Fsp3) is 0.455. The van der Waals surface area contributed by atoms with Crippen molar-refractivity contribution in [1.29, 1.82) is 0 Å². The van der Waals surface area contributed by atoms with Crippen molar-refractivity contribution in [3.63, 3.8) is 0 Å². The van der Waals surface area contributed by atoms with Gasteiger partial charge in [-0.1, -0.05) is 143 Å². The van der Waals surface area contributed by atoms with Crippen molar-refractivity contribution in [2.45, 2.75) is 129 Å². The number of rotatable bonds is 13. The lowest BCUT2D eigenvalue weighted by molar-refractivity contribution is 0.00578. The zero-order valence-corrected chi connectivity index (χ0v) is 30.0. The van der Waals surface area contributed by atoms with Crippen LogP contribution >= 0.6 is 0 Å². The lowest BCUT2D eigenvalue weighted by atomic mass is 9.66. The quantitative estimate of drug-likeness (QED) is 0.0956. The second-order valence-corrected chi connectivity index (χ2v) is 15.2. The van der Waals surface area contributed by atoms with E-state index in [9.17, 15) is 0 Å². The van der Waals surface area contributed by atoms with E-state index >= 15 is 0 Å². The predicted molar refractivity (Wildman–Crippen MR) is 200 cm³/mol. The van der Waals surface area contributed by atoms with Crippen LogP contribution in [0.3, 0.4) is 0 Å². The molecule has 246 valence electrons. The van der Waals surface area contributed by atoms with E-state index in [1.807, 2.05) is 0 Å². The molecule has 2 nitrogen and oxygen atoms in total. The number of unbranched alkanes of at least 4 members (excludes halogenated alkanes) is 6. The van der Waals surface area contributed by atoms with Crippen LogP contribution in [0.1, 0.15) is 132 Å². The van der Waals surface area contributed by atoms with E-state index in [1.165, 1.54) is 101 Å². The molecule has 2 aliphatic rings. The molecule has 1 fully saturated rings. The fourth-order valence-electron chi connectivity index (χ4n) is 7.72. The summed E-state index contributed by atoms with van der Waals surface area (Å²) in [5, 5.41) is 0. The maximum atomic E-state index is 6.60. The highest BCUT2D eigenvalue weighted by atomic mass is 16.7. The molecule has 4 aromatic carbocycles. The molecule has 6 rings (SSSR count). The highest BCUT2D eigenvalue weighted by Gasteiger charge is 2.53. The van der Waals surface area contributed by atoms with Crippen LogP contribution in [-0.4, -0.2) is 18.3 Å². The first kappa shape index (κ1) is 33.8. The summed E-state index contributed by atoms with van der Waals surface area (Å²) in [6.45, 7) is 15.3. The van der Waals surface area contributed by atoms with Crippen molar-refractivity contribution in [2.24, 2.45) is 0 Å². The molecule has 47 heavy (non-hydrogen) atoms. The molecular weight excluding hydrogens is 571 g/mol. The van der Waals surface area contributed by atoms with Gasteiger partial charge in [-0.3, -0.25) is 0 Å². The molecule has 1 aliphatic carbocycles. The van der Waals surface area contributed by atoms with Crippen LogP contribution in [0, 0.1) is 6.92 Å². The number of benzene rings is 4. The summed E-state index contributed by atoms with van der Waals surface area (Å²) in [5.74, 6) is 0.